The predicted octanol–water partition coefficient (Wildman–Crippen LogP) is 3.73. The lowest BCUT2D eigenvalue weighted by atomic mass is 9.83. The largest absolute Gasteiger partial charge is 0.369 e. The van der Waals surface area contributed by atoms with E-state index >= 15 is 0 Å². The van der Waals surface area contributed by atoms with Crippen molar-refractivity contribution in [1.29, 1.82) is 0 Å². The number of rotatable bonds is 6. The average Bonchev–Trinajstić information content (AvgIpc) is 2.53. The Kier molecular flexibility index (Phi) is 5.62. The molecule has 0 unspecified atom stereocenters. The fraction of sp³-hybridized carbons (Fsp3) is 0.333. The van der Waals surface area contributed by atoms with Gasteiger partial charge >= 0.3 is 0 Å². The van der Waals surface area contributed by atoms with Crippen molar-refractivity contribution in [3.8, 4) is 11.1 Å². The molecule has 2 amide bonds. The molecule has 0 radical (unpaired) electrons. The zero-order valence-corrected chi connectivity index (χ0v) is 15.3. The van der Waals surface area contributed by atoms with E-state index in [1.807, 2.05) is 12.1 Å². The molecule has 0 saturated heterocycles. The van der Waals surface area contributed by atoms with Crippen LogP contribution < -0.4 is 11.5 Å². The maximum Gasteiger partial charge on any atom is 0.249 e. The molecule has 4 nitrogen and oxygen atoms in total. The smallest absolute Gasteiger partial charge is 0.249 e. The molecule has 0 aliphatic heterocycles. The lowest BCUT2D eigenvalue weighted by Gasteiger charge is -2.21. The van der Waals surface area contributed by atoms with E-state index in [9.17, 15) is 9.59 Å². The minimum atomic E-state index is -0.450. The normalized spacial score (nSPS) is 11.1. The van der Waals surface area contributed by atoms with Gasteiger partial charge < -0.3 is 11.5 Å². The average molecular weight is 338 g/mol. The molecule has 2 aromatic carbocycles. The molecule has 0 aliphatic rings. The first-order valence-corrected chi connectivity index (χ1v) is 8.56. The van der Waals surface area contributed by atoms with E-state index < -0.39 is 5.91 Å². The van der Waals surface area contributed by atoms with Crippen molar-refractivity contribution in [3.05, 3.63) is 58.7 Å². The van der Waals surface area contributed by atoms with Crippen LogP contribution in [0.4, 0.5) is 0 Å². The Morgan fingerprint density at radius 1 is 0.920 bits per heavy atom. The molecule has 0 bridgehead atoms. The highest BCUT2D eigenvalue weighted by molar-refractivity contribution is 6.00. The molecule has 0 saturated carbocycles. The van der Waals surface area contributed by atoms with Crippen LogP contribution in [0.25, 0.3) is 11.1 Å². The maximum absolute atomic E-state index is 11.8. The Balaban J connectivity index is 2.78. The van der Waals surface area contributed by atoms with Crippen LogP contribution in [0, 0.1) is 0 Å². The highest BCUT2D eigenvalue weighted by Crippen LogP contribution is 2.35. The zero-order chi connectivity index (χ0) is 18.7. The van der Waals surface area contributed by atoms with Gasteiger partial charge in [0.25, 0.3) is 0 Å². The number of benzene rings is 2. The second-order valence-corrected chi connectivity index (χ2v) is 7.00. The Morgan fingerprint density at radius 2 is 1.44 bits per heavy atom. The molecule has 4 N–H and O–H groups in total. The van der Waals surface area contributed by atoms with Crippen LogP contribution in [0.15, 0.2) is 36.4 Å². The summed E-state index contributed by atoms with van der Waals surface area (Å²) in [5.41, 5.74) is 16.4. The summed E-state index contributed by atoms with van der Waals surface area (Å²) in [7, 11) is 0. The van der Waals surface area contributed by atoms with Crippen LogP contribution in [-0.2, 0) is 11.2 Å². The third-order valence-electron chi connectivity index (χ3n) is 4.42. The minimum Gasteiger partial charge on any atom is -0.369 e. The molecular formula is C21H26N2O2. The molecule has 0 spiro atoms. The number of hydrogen-bond donors (Lipinski definition) is 2. The van der Waals surface area contributed by atoms with Crippen LogP contribution in [0.2, 0.25) is 0 Å². The SMILES string of the molecule is CC(C)c1cc(-c2ccccc2C(N)=O)cc(C(C)C)c1CC(N)=O. The number of carbonyl (C=O) groups is 2. The first-order valence-electron chi connectivity index (χ1n) is 8.56. The lowest BCUT2D eigenvalue weighted by molar-refractivity contribution is -0.117. The lowest BCUT2D eigenvalue weighted by Crippen LogP contribution is -2.17. The summed E-state index contributed by atoms with van der Waals surface area (Å²) in [6.45, 7) is 8.36. The highest BCUT2D eigenvalue weighted by Gasteiger charge is 2.19. The van der Waals surface area contributed by atoms with Gasteiger partial charge in [-0.1, -0.05) is 58.0 Å². The molecule has 0 atom stereocenters. The van der Waals surface area contributed by atoms with Gasteiger partial charge in [0.1, 0.15) is 0 Å². The van der Waals surface area contributed by atoms with Gasteiger partial charge in [0, 0.05) is 5.56 Å². The topological polar surface area (TPSA) is 86.2 Å². The van der Waals surface area contributed by atoms with Crippen LogP contribution >= 0.6 is 0 Å². The van der Waals surface area contributed by atoms with Crippen LogP contribution in [0.5, 0.6) is 0 Å². The Labute approximate surface area is 149 Å². The quantitative estimate of drug-likeness (QED) is 0.841. The van der Waals surface area contributed by atoms with Crippen molar-refractivity contribution in [2.24, 2.45) is 11.5 Å². The number of hydrogen-bond acceptors (Lipinski definition) is 2. The molecule has 2 rings (SSSR count). The maximum atomic E-state index is 11.8. The van der Waals surface area contributed by atoms with E-state index in [1.54, 1.807) is 12.1 Å². The fourth-order valence-electron chi connectivity index (χ4n) is 3.23. The fourth-order valence-corrected chi connectivity index (χ4v) is 3.23. The van der Waals surface area contributed by atoms with Crippen molar-refractivity contribution >= 4 is 11.8 Å². The van der Waals surface area contributed by atoms with Gasteiger partial charge in [-0.3, -0.25) is 9.59 Å². The van der Waals surface area contributed by atoms with Crippen molar-refractivity contribution in [2.75, 3.05) is 0 Å². The minimum absolute atomic E-state index is 0.221. The molecule has 0 heterocycles. The van der Waals surface area contributed by atoms with Gasteiger partial charge in [-0.25, -0.2) is 0 Å². The molecule has 25 heavy (non-hydrogen) atoms. The van der Waals surface area contributed by atoms with E-state index in [0.29, 0.717) is 5.56 Å². The summed E-state index contributed by atoms with van der Waals surface area (Å²) in [6.07, 6.45) is 0.221. The monoisotopic (exact) mass is 338 g/mol. The number of carbonyl (C=O) groups excluding carboxylic acids is 2. The first-order chi connectivity index (χ1) is 11.7. The summed E-state index contributed by atoms with van der Waals surface area (Å²) >= 11 is 0. The van der Waals surface area contributed by atoms with E-state index in [-0.39, 0.29) is 24.2 Å². The molecule has 0 aromatic heterocycles. The van der Waals surface area contributed by atoms with Crippen molar-refractivity contribution in [2.45, 2.75) is 46.0 Å². The standard InChI is InChI=1S/C21H26N2O2/c1-12(2)17-9-14(15-7-5-6-8-16(15)21(23)25)10-18(13(3)4)19(17)11-20(22)24/h5-10,12-13H,11H2,1-4H3,(H2,22,24)(H2,23,25). The molecule has 0 aliphatic carbocycles. The van der Waals surface area contributed by atoms with Gasteiger partial charge in [0.15, 0.2) is 0 Å². The van der Waals surface area contributed by atoms with Crippen molar-refractivity contribution in [3.63, 3.8) is 0 Å². The van der Waals surface area contributed by atoms with Crippen LogP contribution in [0.3, 0.4) is 0 Å². The first kappa shape index (κ1) is 18.7. The number of nitrogens with two attached hydrogens (primary N) is 2. The highest BCUT2D eigenvalue weighted by atomic mass is 16.1. The van der Waals surface area contributed by atoms with E-state index in [2.05, 4.69) is 39.8 Å². The summed E-state index contributed by atoms with van der Waals surface area (Å²) in [4.78, 5) is 23.4. The van der Waals surface area contributed by atoms with Crippen molar-refractivity contribution < 1.29 is 9.59 Å². The Morgan fingerprint density at radius 3 is 1.88 bits per heavy atom. The van der Waals surface area contributed by atoms with E-state index in [1.165, 1.54) is 0 Å². The molecule has 4 heteroatoms. The zero-order valence-electron chi connectivity index (χ0n) is 15.3. The summed E-state index contributed by atoms with van der Waals surface area (Å²) in [5.74, 6) is -0.330. The van der Waals surface area contributed by atoms with Gasteiger partial charge in [0.05, 0.1) is 6.42 Å². The third-order valence-corrected chi connectivity index (χ3v) is 4.42. The van der Waals surface area contributed by atoms with Gasteiger partial charge in [-0.05, 0) is 45.7 Å². The Hall–Kier alpha value is -2.62. The van der Waals surface area contributed by atoms with Crippen LogP contribution in [0.1, 0.15) is 66.6 Å². The van der Waals surface area contributed by atoms with Gasteiger partial charge in [0.2, 0.25) is 11.8 Å². The summed E-state index contributed by atoms with van der Waals surface area (Å²) in [5, 5.41) is 0. The predicted molar refractivity (Wildman–Crippen MR) is 101 cm³/mol. The number of amides is 2. The summed E-state index contributed by atoms with van der Waals surface area (Å²) < 4.78 is 0. The molecule has 2 aromatic rings. The Bertz CT molecular complexity index is 778. The molecular weight excluding hydrogens is 312 g/mol. The van der Waals surface area contributed by atoms with Crippen LogP contribution in [-0.4, -0.2) is 11.8 Å². The second-order valence-electron chi connectivity index (χ2n) is 7.00. The second kappa shape index (κ2) is 7.51. The molecule has 132 valence electrons. The van der Waals surface area contributed by atoms with Gasteiger partial charge in [-0.2, -0.15) is 0 Å². The third kappa shape index (κ3) is 4.08. The van der Waals surface area contributed by atoms with E-state index in [0.717, 1.165) is 27.8 Å². The van der Waals surface area contributed by atoms with Crippen molar-refractivity contribution in [1.82, 2.24) is 0 Å². The van der Waals surface area contributed by atoms with E-state index in [4.69, 9.17) is 11.5 Å². The molecule has 0 fully saturated rings. The number of primary amides is 2. The summed E-state index contributed by atoms with van der Waals surface area (Å²) in [6, 6.07) is 11.4. The van der Waals surface area contributed by atoms with Gasteiger partial charge in [-0.15, -0.1) is 0 Å².